The number of rotatable bonds is 4. The molecule has 0 aromatic heterocycles. The van der Waals surface area contributed by atoms with Crippen LogP contribution in [0.4, 0.5) is 0 Å². The molecule has 1 aliphatic rings. The van der Waals surface area contributed by atoms with E-state index in [1.54, 1.807) is 20.8 Å². The van der Waals surface area contributed by atoms with Crippen LogP contribution in [0.25, 0.3) is 0 Å². The molecule has 4 nitrogen and oxygen atoms in total. The summed E-state index contributed by atoms with van der Waals surface area (Å²) in [4.78, 5) is 22.4. The van der Waals surface area contributed by atoms with E-state index in [1.807, 2.05) is 0 Å². The van der Waals surface area contributed by atoms with Crippen molar-refractivity contribution in [3.63, 3.8) is 0 Å². The molecular formula is C17H20O4. The number of aliphatic carboxylic acids is 1. The van der Waals surface area contributed by atoms with Crippen molar-refractivity contribution in [2.75, 3.05) is 0 Å². The van der Waals surface area contributed by atoms with Crippen molar-refractivity contribution in [2.24, 2.45) is 5.41 Å². The number of allylic oxidation sites excluding steroid dienone is 3. The van der Waals surface area contributed by atoms with Gasteiger partial charge in [0.05, 0.1) is 0 Å². The second-order valence-electron chi connectivity index (χ2n) is 5.74. The molecular weight excluding hydrogens is 268 g/mol. The van der Waals surface area contributed by atoms with E-state index < -0.39 is 17.0 Å². The molecule has 0 amide bonds. The van der Waals surface area contributed by atoms with Gasteiger partial charge in [0.15, 0.2) is 5.78 Å². The minimum Gasteiger partial charge on any atom is -0.478 e. The first-order valence-corrected chi connectivity index (χ1v) is 6.62. The van der Waals surface area contributed by atoms with Gasteiger partial charge in [-0.2, -0.15) is 0 Å². The fraction of sp³-hybridized carbons (Fsp3) is 0.412. The van der Waals surface area contributed by atoms with Gasteiger partial charge < -0.3 is 10.2 Å². The zero-order valence-corrected chi connectivity index (χ0v) is 12.5. The Hall–Kier alpha value is -2.12. The lowest BCUT2D eigenvalue weighted by Gasteiger charge is -2.45. The van der Waals surface area contributed by atoms with Crippen LogP contribution in [0.1, 0.15) is 33.6 Å². The highest BCUT2D eigenvalue weighted by atomic mass is 16.4. The summed E-state index contributed by atoms with van der Waals surface area (Å²) < 4.78 is 0. The van der Waals surface area contributed by atoms with Gasteiger partial charge in [-0.05, 0) is 37.1 Å². The fourth-order valence-electron chi connectivity index (χ4n) is 2.65. The molecule has 21 heavy (non-hydrogen) atoms. The van der Waals surface area contributed by atoms with Crippen molar-refractivity contribution in [3.05, 3.63) is 35.5 Å². The summed E-state index contributed by atoms with van der Waals surface area (Å²) in [5, 5.41) is 19.7. The smallest absolute Gasteiger partial charge is 0.328 e. The quantitative estimate of drug-likeness (QED) is 0.473. The number of hydrogen-bond acceptors (Lipinski definition) is 3. The van der Waals surface area contributed by atoms with Gasteiger partial charge >= 0.3 is 5.97 Å². The van der Waals surface area contributed by atoms with Crippen LogP contribution in [-0.2, 0) is 9.59 Å². The molecule has 0 bridgehead atoms. The summed E-state index contributed by atoms with van der Waals surface area (Å²) in [6.07, 6.45) is 11.3. The molecule has 112 valence electrons. The zero-order valence-electron chi connectivity index (χ0n) is 12.5. The highest BCUT2D eigenvalue weighted by Gasteiger charge is 2.49. The van der Waals surface area contributed by atoms with Crippen molar-refractivity contribution in [1.29, 1.82) is 0 Å². The number of carbonyl (C=O) groups excluding carboxylic acids is 1. The van der Waals surface area contributed by atoms with Crippen LogP contribution in [0.2, 0.25) is 0 Å². The minimum atomic E-state index is -1.37. The third-order valence-electron chi connectivity index (χ3n) is 3.89. The predicted octanol–water partition coefficient (Wildman–Crippen LogP) is 2.25. The Labute approximate surface area is 124 Å². The monoisotopic (exact) mass is 288 g/mol. The van der Waals surface area contributed by atoms with Crippen molar-refractivity contribution in [3.8, 4) is 12.3 Å². The van der Waals surface area contributed by atoms with E-state index >= 15 is 0 Å². The molecule has 0 fully saturated rings. The van der Waals surface area contributed by atoms with Gasteiger partial charge in [-0.25, -0.2) is 4.79 Å². The third kappa shape index (κ3) is 3.50. The summed E-state index contributed by atoms with van der Waals surface area (Å²) >= 11 is 0. The molecule has 0 aromatic rings. The Morgan fingerprint density at radius 3 is 2.71 bits per heavy atom. The summed E-state index contributed by atoms with van der Waals surface area (Å²) in [5.41, 5.74) is -1.18. The second-order valence-corrected chi connectivity index (χ2v) is 5.74. The van der Waals surface area contributed by atoms with Gasteiger partial charge in [-0.3, -0.25) is 4.79 Å². The number of carbonyl (C=O) groups is 2. The van der Waals surface area contributed by atoms with Gasteiger partial charge in [-0.1, -0.05) is 13.0 Å². The lowest BCUT2D eigenvalue weighted by atomic mass is 9.62. The van der Waals surface area contributed by atoms with Crippen molar-refractivity contribution < 1.29 is 19.8 Å². The van der Waals surface area contributed by atoms with Gasteiger partial charge in [0, 0.05) is 24.3 Å². The largest absolute Gasteiger partial charge is 0.478 e. The van der Waals surface area contributed by atoms with Crippen molar-refractivity contribution in [1.82, 2.24) is 0 Å². The molecule has 0 aliphatic heterocycles. The van der Waals surface area contributed by atoms with E-state index in [2.05, 4.69) is 5.92 Å². The molecule has 0 saturated carbocycles. The van der Waals surface area contributed by atoms with Crippen LogP contribution >= 0.6 is 0 Å². The lowest BCUT2D eigenvalue weighted by molar-refractivity contribution is -0.131. The molecule has 2 N–H and O–H groups in total. The third-order valence-corrected chi connectivity index (χ3v) is 3.89. The molecule has 0 aromatic carbocycles. The molecule has 1 rings (SSSR count). The van der Waals surface area contributed by atoms with Crippen LogP contribution in [0.3, 0.4) is 0 Å². The standard InChI is InChI=1S/C17H20O4/c1-5-7-16(4)11-14(18)10-13(3)17(16,21)8-6-12(2)9-15(19)20/h1,6,8-10,21H,7,11H2,2-4H3,(H,19,20)/b8-6+,12-9-/t16-,17-/m1/s1. The maximum atomic E-state index is 11.8. The van der Waals surface area contributed by atoms with E-state index in [1.165, 1.54) is 18.2 Å². The topological polar surface area (TPSA) is 74.6 Å². The Balaban J connectivity index is 3.28. The predicted molar refractivity (Wildman–Crippen MR) is 80.4 cm³/mol. The summed E-state index contributed by atoms with van der Waals surface area (Å²) in [6.45, 7) is 5.06. The van der Waals surface area contributed by atoms with Gasteiger partial charge in [0.25, 0.3) is 0 Å². The van der Waals surface area contributed by atoms with Crippen molar-refractivity contribution >= 4 is 11.8 Å². The van der Waals surface area contributed by atoms with Gasteiger partial charge in [0.2, 0.25) is 0 Å². The first kappa shape index (κ1) is 16.9. The van der Waals surface area contributed by atoms with Gasteiger partial charge in [-0.15, -0.1) is 12.3 Å². The molecule has 1 aliphatic carbocycles. The number of hydrogen-bond donors (Lipinski definition) is 2. The molecule has 0 unspecified atom stereocenters. The van der Waals surface area contributed by atoms with Crippen LogP contribution in [0, 0.1) is 17.8 Å². The maximum absolute atomic E-state index is 11.8. The van der Waals surface area contributed by atoms with Gasteiger partial charge in [0.1, 0.15) is 5.60 Å². The number of carboxylic acid groups (broad SMARTS) is 1. The highest BCUT2D eigenvalue weighted by Crippen LogP contribution is 2.46. The fourth-order valence-corrected chi connectivity index (χ4v) is 2.65. The summed E-state index contributed by atoms with van der Waals surface area (Å²) in [5.74, 6) is 1.39. The van der Waals surface area contributed by atoms with E-state index in [9.17, 15) is 14.7 Å². The van der Waals surface area contributed by atoms with Crippen LogP contribution in [0.15, 0.2) is 35.5 Å². The molecule has 0 spiro atoms. The first-order valence-electron chi connectivity index (χ1n) is 6.62. The Kier molecular flexibility index (Phi) is 4.93. The first-order chi connectivity index (χ1) is 9.64. The summed E-state index contributed by atoms with van der Waals surface area (Å²) in [6, 6.07) is 0. The molecule has 0 saturated heterocycles. The van der Waals surface area contributed by atoms with E-state index in [-0.39, 0.29) is 18.6 Å². The SMILES string of the molecule is C#CC[C@]1(C)CC(=O)C=C(C)[C@]1(O)/C=C/C(C)=C\C(=O)O. The molecule has 4 heteroatoms. The van der Waals surface area contributed by atoms with E-state index in [0.29, 0.717) is 11.1 Å². The number of aliphatic hydroxyl groups is 1. The highest BCUT2D eigenvalue weighted by molar-refractivity contribution is 5.93. The maximum Gasteiger partial charge on any atom is 0.328 e. The van der Waals surface area contributed by atoms with E-state index in [0.717, 1.165) is 6.08 Å². The molecule has 0 heterocycles. The lowest BCUT2D eigenvalue weighted by Crippen LogP contribution is -2.49. The zero-order chi connectivity index (χ0) is 16.3. The Morgan fingerprint density at radius 1 is 1.57 bits per heavy atom. The Bertz CT molecular complexity index is 588. The average Bonchev–Trinajstić information content (AvgIpc) is 2.33. The van der Waals surface area contributed by atoms with Crippen LogP contribution in [0.5, 0.6) is 0 Å². The van der Waals surface area contributed by atoms with Crippen LogP contribution < -0.4 is 0 Å². The average molecular weight is 288 g/mol. The summed E-state index contributed by atoms with van der Waals surface area (Å²) in [7, 11) is 0. The molecule has 0 radical (unpaired) electrons. The Morgan fingerprint density at radius 2 is 2.19 bits per heavy atom. The minimum absolute atomic E-state index is 0.0684. The number of terminal acetylenes is 1. The van der Waals surface area contributed by atoms with E-state index in [4.69, 9.17) is 11.5 Å². The molecule has 2 atom stereocenters. The number of carboxylic acids is 1. The second kappa shape index (κ2) is 6.11. The number of ketones is 1. The van der Waals surface area contributed by atoms with Crippen molar-refractivity contribution in [2.45, 2.75) is 39.2 Å². The van der Waals surface area contributed by atoms with Crippen LogP contribution in [-0.4, -0.2) is 27.6 Å². The normalized spacial score (nSPS) is 30.1.